The molecule has 0 heterocycles. The van der Waals surface area contributed by atoms with Gasteiger partial charge in [0.2, 0.25) is 0 Å². The molecule has 0 N–H and O–H groups in total. The summed E-state index contributed by atoms with van der Waals surface area (Å²) in [4.78, 5) is 14.4. The highest BCUT2D eigenvalue weighted by atomic mass is 32.2. The van der Waals surface area contributed by atoms with Gasteiger partial charge in [0.05, 0.1) is 0 Å². The van der Waals surface area contributed by atoms with Gasteiger partial charge in [-0.1, -0.05) is 116 Å². The van der Waals surface area contributed by atoms with E-state index in [9.17, 15) is 4.79 Å². The summed E-state index contributed by atoms with van der Waals surface area (Å²) in [7, 11) is 0. The van der Waals surface area contributed by atoms with E-state index in [2.05, 4.69) is 64.1 Å². The van der Waals surface area contributed by atoms with Gasteiger partial charge in [0, 0.05) is 10.5 Å². The second-order valence-corrected chi connectivity index (χ2v) is 11.2. The molecule has 0 aliphatic rings. The molecule has 0 saturated heterocycles. The van der Waals surface area contributed by atoms with Gasteiger partial charge in [-0.15, -0.1) is 11.8 Å². The molecule has 198 valence electrons. The predicted octanol–water partition coefficient (Wildman–Crippen LogP) is 10.7. The van der Waals surface area contributed by atoms with Crippen LogP contribution in [0.5, 0.6) is 0 Å². The highest BCUT2D eigenvalue weighted by Crippen LogP contribution is 2.23. The van der Waals surface area contributed by atoms with Gasteiger partial charge in [-0.05, 0) is 78.0 Å². The first-order valence-electron chi connectivity index (χ1n) is 14.7. The van der Waals surface area contributed by atoms with Gasteiger partial charge < -0.3 is 0 Å². The van der Waals surface area contributed by atoms with Gasteiger partial charge in [-0.25, -0.2) is 0 Å². The van der Waals surface area contributed by atoms with Gasteiger partial charge in [-0.3, -0.25) is 4.79 Å². The van der Waals surface area contributed by atoms with Gasteiger partial charge in [0.25, 0.3) is 0 Å². The zero-order chi connectivity index (χ0) is 26.0. The van der Waals surface area contributed by atoms with Crippen molar-refractivity contribution in [1.29, 1.82) is 0 Å². The Labute approximate surface area is 226 Å². The first-order valence-corrected chi connectivity index (χ1v) is 15.7. The maximum atomic E-state index is 13.0. The van der Waals surface area contributed by atoms with E-state index in [0.717, 1.165) is 30.4 Å². The maximum absolute atomic E-state index is 13.0. The molecular formula is C34H50OS. The highest BCUT2D eigenvalue weighted by molar-refractivity contribution is 7.99. The normalized spacial score (nSPS) is 11.4. The first kappa shape index (κ1) is 30.4. The number of hydrogen-bond acceptors (Lipinski definition) is 2. The van der Waals surface area contributed by atoms with E-state index in [1.807, 2.05) is 17.8 Å². The van der Waals surface area contributed by atoms with Crippen LogP contribution in [0, 0.1) is 0 Å². The summed E-state index contributed by atoms with van der Waals surface area (Å²) in [6.07, 6.45) is 21.9. The Hall–Kier alpha value is -1.80. The zero-order valence-corrected chi connectivity index (χ0v) is 24.4. The lowest BCUT2D eigenvalue weighted by atomic mass is 9.91. The zero-order valence-electron chi connectivity index (χ0n) is 23.5. The molecule has 0 bridgehead atoms. The lowest BCUT2D eigenvalue weighted by Crippen LogP contribution is -2.05. The van der Waals surface area contributed by atoms with Crippen LogP contribution in [0.4, 0.5) is 0 Å². The molecule has 0 fully saturated rings. The average molecular weight is 507 g/mol. The molecule has 0 saturated carbocycles. The summed E-state index contributed by atoms with van der Waals surface area (Å²) >= 11 is 1.95. The van der Waals surface area contributed by atoms with E-state index < -0.39 is 0 Å². The molecule has 1 nitrogen and oxygen atoms in total. The summed E-state index contributed by atoms with van der Waals surface area (Å²) in [5.74, 6) is 1.31. The van der Waals surface area contributed by atoms with E-state index in [4.69, 9.17) is 0 Å². The lowest BCUT2D eigenvalue weighted by molar-refractivity contribution is 0.104. The molecule has 0 spiro atoms. The minimum Gasteiger partial charge on any atom is -0.289 e. The van der Waals surface area contributed by atoms with Gasteiger partial charge in [0.1, 0.15) is 0 Å². The van der Waals surface area contributed by atoms with Crippen molar-refractivity contribution < 1.29 is 4.79 Å². The Kier molecular flexibility index (Phi) is 15.6. The monoisotopic (exact) mass is 506 g/mol. The van der Waals surface area contributed by atoms with E-state index in [-0.39, 0.29) is 5.78 Å². The van der Waals surface area contributed by atoms with Crippen molar-refractivity contribution in [2.45, 2.75) is 122 Å². The molecule has 0 amide bonds. The number of benzene rings is 2. The molecule has 0 unspecified atom stereocenters. The average Bonchev–Trinajstić information content (AvgIpc) is 2.92. The molecule has 2 aromatic carbocycles. The number of rotatable bonds is 19. The smallest absolute Gasteiger partial charge is 0.186 e. The summed E-state index contributed by atoms with van der Waals surface area (Å²) in [5, 5.41) is 0. The SMILES string of the molecule is CCCCCCCCCCCCCSc1ccc(/C=C/C(=O)c2cc(CC)cc(CC)c2CC)cc1. The van der Waals surface area contributed by atoms with Crippen molar-refractivity contribution >= 4 is 23.6 Å². The second kappa shape index (κ2) is 18.4. The van der Waals surface area contributed by atoms with Crippen molar-refractivity contribution in [2.24, 2.45) is 0 Å². The number of hydrogen-bond donors (Lipinski definition) is 0. The maximum Gasteiger partial charge on any atom is 0.186 e. The fraction of sp³-hybridized carbons (Fsp3) is 0.559. The fourth-order valence-electron chi connectivity index (χ4n) is 4.85. The summed E-state index contributed by atoms with van der Waals surface area (Å²) in [6.45, 7) is 8.76. The summed E-state index contributed by atoms with van der Waals surface area (Å²) < 4.78 is 0. The number of aryl methyl sites for hydroxylation is 2. The highest BCUT2D eigenvalue weighted by Gasteiger charge is 2.13. The standard InChI is InChI=1S/C34H50OS/c1-5-9-10-11-12-13-14-15-16-17-18-25-36-31-22-19-29(20-23-31)21-24-34(35)33-27-28(6-2)26-30(7-3)32(33)8-4/h19-24,26-27H,5-18,25H2,1-4H3/b24-21+. The van der Waals surface area contributed by atoms with E-state index in [0.29, 0.717) is 0 Å². The van der Waals surface area contributed by atoms with Crippen LogP contribution in [0.15, 0.2) is 47.4 Å². The van der Waals surface area contributed by atoms with Crippen molar-refractivity contribution in [3.8, 4) is 0 Å². The van der Waals surface area contributed by atoms with Crippen LogP contribution in [0.2, 0.25) is 0 Å². The van der Waals surface area contributed by atoms with Crippen molar-refractivity contribution in [2.75, 3.05) is 5.75 Å². The minimum absolute atomic E-state index is 0.117. The third kappa shape index (κ3) is 11.1. The molecule has 0 radical (unpaired) electrons. The van der Waals surface area contributed by atoms with E-state index in [1.54, 1.807) is 6.08 Å². The Morgan fingerprint density at radius 2 is 1.33 bits per heavy atom. The van der Waals surface area contributed by atoms with Crippen molar-refractivity contribution in [1.82, 2.24) is 0 Å². The van der Waals surface area contributed by atoms with Crippen LogP contribution < -0.4 is 0 Å². The quantitative estimate of drug-likeness (QED) is 0.0815. The molecule has 2 aromatic rings. The van der Waals surface area contributed by atoms with Crippen LogP contribution in [0.1, 0.15) is 131 Å². The van der Waals surface area contributed by atoms with Crippen LogP contribution in [-0.4, -0.2) is 11.5 Å². The molecule has 0 aliphatic heterocycles. The molecule has 2 heteroatoms. The molecular weight excluding hydrogens is 456 g/mol. The van der Waals surface area contributed by atoms with Gasteiger partial charge in [-0.2, -0.15) is 0 Å². The van der Waals surface area contributed by atoms with Gasteiger partial charge >= 0.3 is 0 Å². The second-order valence-electron chi connectivity index (χ2n) is 9.99. The number of carbonyl (C=O) groups is 1. The third-order valence-electron chi connectivity index (χ3n) is 7.13. The summed E-state index contributed by atoms with van der Waals surface area (Å²) in [6, 6.07) is 13.0. The first-order chi connectivity index (χ1) is 17.6. The predicted molar refractivity (Wildman–Crippen MR) is 162 cm³/mol. The fourth-order valence-corrected chi connectivity index (χ4v) is 5.76. The number of carbonyl (C=O) groups excluding carboxylic acids is 1. The van der Waals surface area contributed by atoms with Crippen LogP contribution in [0.25, 0.3) is 6.08 Å². The largest absolute Gasteiger partial charge is 0.289 e. The Bertz CT molecular complexity index is 910. The summed E-state index contributed by atoms with van der Waals surface area (Å²) in [5.41, 5.74) is 5.73. The minimum atomic E-state index is 0.117. The topological polar surface area (TPSA) is 17.1 Å². The van der Waals surface area contributed by atoms with Crippen molar-refractivity contribution in [3.05, 3.63) is 70.3 Å². The van der Waals surface area contributed by atoms with Crippen LogP contribution >= 0.6 is 11.8 Å². The molecule has 36 heavy (non-hydrogen) atoms. The lowest BCUT2D eigenvalue weighted by Gasteiger charge is -2.13. The van der Waals surface area contributed by atoms with Gasteiger partial charge in [0.15, 0.2) is 5.78 Å². The van der Waals surface area contributed by atoms with Crippen LogP contribution in [-0.2, 0) is 19.3 Å². The Morgan fingerprint density at radius 1 is 0.722 bits per heavy atom. The number of ketones is 1. The molecule has 2 rings (SSSR count). The number of unbranched alkanes of at least 4 members (excludes halogenated alkanes) is 10. The molecule has 0 aromatic heterocycles. The van der Waals surface area contributed by atoms with E-state index >= 15 is 0 Å². The number of thioether (sulfide) groups is 1. The Morgan fingerprint density at radius 3 is 1.89 bits per heavy atom. The molecule has 0 aliphatic carbocycles. The number of allylic oxidation sites excluding steroid dienone is 1. The van der Waals surface area contributed by atoms with Crippen LogP contribution in [0.3, 0.4) is 0 Å². The Balaban J connectivity index is 1.72. The molecule has 0 atom stereocenters. The third-order valence-corrected chi connectivity index (χ3v) is 8.23. The van der Waals surface area contributed by atoms with E-state index in [1.165, 1.54) is 98.0 Å². The van der Waals surface area contributed by atoms with Crippen molar-refractivity contribution in [3.63, 3.8) is 0 Å².